The number of ether oxygens (including phenoxy) is 4. The average Bonchev–Trinajstić information content (AvgIpc) is 3.35. The molecular formula is C22H25NO7S. The third kappa shape index (κ3) is 4.66. The van der Waals surface area contributed by atoms with E-state index < -0.39 is 17.9 Å². The Kier molecular flexibility index (Phi) is 7.17. The number of hydrogen-bond acceptors (Lipinski definition) is 8. The average molecular weight is 448 g/mol. The Bertz CT molecular complexity index is 998. The van der Waals surface area contributed by atoms with E-state index in [9.17, 15) is 14.4 Å². The van der Waals surface area contributed by atoms with Crippen LogP contribution < -0.4 is 14.8 Å². The molecule has 8 nitrogen and oxygen atoms in total. The molecule has 2 aromatic rings. The van der Waals surface area contributed by atoms with Crippen molar-refractivity contribution >= 4 is 34.2 Å². The Morgan fingerprint density at radius 2 is 1.81 bits per heavy atom. The van der Waals surface area contributed by atoms with E-state index in [2.05, 4.69) is 5.32 Å². The molecule has 0 saturated carbocycles. The summed E-state index contributed by atoms with van der Waals surface area (Å²) < 4.78 is 20.3. The van der Waals surface area contributed by atoms with Gasteiger partial charge in [-0.2, -0.15) is 0 Å². The van der Waals surface area contributed by atoms with E-state index in [1.807, 2.05) is 12.1 Å². The molecule has 1 unspecified atom stereocenters. The van der Waals surface area contributed by atoms with Crippen LogP contribution in [0.1, 0.15) is 45.1 Å². The van der Waals surface area contributed by atoms with E-state index in [1.54, 1.807) is 20.3 Å². The van der Waals surface area contributed by atoms with Gasteiger partial charge in [0.05, 0.1) is 39.9 Å². The lowest BCUT2D eigenvalue weighted by Gasteiger charge is -2.12. The van der Waals surface area contributed by atoms with Gasteiger partial charge in [-0.1, -0.05) is 6.07 Å². The van der Waals surface area contributed by atoms with Crippen molar-refractivity contribution in [2.45, 2.75) is 31.6 Å². The van der Waals surface area contributed by atoms with Gasteiger partial charge in [0, 0.05) is 11.3 Å². The van der Waals surface area contributed by atoms with Crippen LogP contribution in [-0.4, -0.2) is 46.3 Å². The van der Waals surface area contributed by atoms with Crippen molar-refractivity contribution in [1.29, 1.82) is 0 Å². The standard InChI is InChI=1S/C22H25NO7S/c1-27-14-8-5-12(11-15(14)28-2)6-10-17(24)23-20-19(22(26)30-4)18-13(21(25)29-3)7-9-16(18)31-20/h5,8,11,13H,6-7,9-10H2,1-4H3,(H,23,24). The number of carbonyl (C=O) groups is 3. The fourth-order valence-corrected chi connectivity index (χ4v) is 5.00. The number of carbonyl (C=O) groups excluding carboxylic acids is 3. The summed E-state index contributed by atoms with van der Waals surface area (Å²) >= 11 is 1.31. The number of amides is 1. The summed E-state index contributed by atoms with van der Waals surface area (Å²) in [7, 11) is 5.71. The Morgan fingerprint density at radius 1 is 1.06 bits per heavy atom. The zero-order valence-electron chi connectivity index (χ0n) is 17.9. The smallest absolute Gasteiger partial charge is 0.341 e. The van der Waals surface area contributed by atoms with Crippen LogP contribution in [0.5, 0.6) is 11.5 Å². The lowest BCUT2D eigenvalue weighted by atomic mass is 9.99. The zero-order valence-corrected chi connectivity index (χ0v) is 18.7. The molecule has 9 heteroatoms. The minimum absolute atomic E-state index is 0.207. The quantitative estimate of drug-likeness (QED) is 0.620. The summed E-state index contributed by atoms with van der Waals surface area (Å²) in [6.07, 6.45) is 1.91. The summed E-state index contributed by atoms with van der Waals surface area (Å²) in [6, 6.07) is 5.49. The Labute approximate surface area is 184 Å². The molecule has 0 radical (unpaired) electrons. The van der Waals surface area contributed by atoms with Crippen LogP contribution in [0.3, 0.4) is 0 Å². The highest BCUT2D eigenvalue weighted by atomic mass is 32.1. The first-order valence-electron chi connectivity index (χ1n) is 9.75. The summed E-state index contributed by atoms with van der Waals surface area (Å²) in [5, 5.41) is 3.23. The van der Waals surface area contributed by atoms with Gasteiger partial charge in [0.2, 0.25) is 5.91 Å². The number of benzene rings is 1. The monoisotopic (exact) mass is 447 g/mol. The number of esters is 2. The van der Waals surface area contributed by atoms with Gasteiger partial charge < -0.3 is 24.3 Å². The number of aryl methyl sites for hydroxylation is 2. The molecule has 1 N–H and O–H groups in total. The van der Waals surface area contributed by atoms with Crippen LogP contribution in [-0.2, 0) is 31.9 Å². The molecule has 0 fully saturated rings. The van der Waals surface area contributed by atoms with Gasteiger partial charge in [-0.25, -0.2) is 4.79 Å². The van der Waals surface area contributed by atoms with Crippen LogP contribution >= 0.6 is 11.3 Å². The molecule has 1 aromatic carbocycles. The topological polar surface area (TPSA) is 100 Å². The Hall–Kier alpha value is -3.07. The molecule has 1 aliphatic rings. The van der Waals surface area contributed by atoms with Crippen molar-refractivity contribution in [2.24, 2.45) is 0 Å². The van der Waals surface area contributed by atoms with Crippen molar-refractivity contribution in [3.8, 4) is 11.5 Å². The molecule has 1 atom stereocenters. The molecule has 0 bridgehead atoms. The van der Waals surface area contributed by atoms with Gasteiger partial charge in [0.15, 0.2) is 11.5 Å². The number of methoxy groups -OCH3 is 4. The number of fused-ring (bicyclic) bond motifs is 1. The maximum atomic E-state index is 12.6. The molecule has 3 rings (SSSR count). The first-order valence-corrected chi connectivity index (χ1v) is 10.6. The summed E-state index contributed by atoms with van der Waals surface area (Å²) in [4.78, 5) is 38.1. The van der Waals surface area contributed by atoms with Crippen molar-refractivity contribution in [1.82, 2.24) is 0 Å². The highest BCUT2D eigenvalue weighted by molar-refractivity contribution is 7.17. The van der Waals surface area contributed by atoms with E-state index in [-0.39, 0.29) is 17.9 Å². The number of hydrogen-bond donors (Lipinski definition) is 1. The third-order valence-corrected chi connectivity index (χ3v) is 6.43. The number of thiophene rings is 1. The number of rotatable bonds is 8. The summed E-state index contributed by atoms with van der Waals surface area (Å²) in [5.41, 5.74) is 1.77. The second kappa shape index (κ2) is 9.82. The largest absolute Gasteiger partial charge is 0.493 e. The zero-order chi connectivity index (χ0) is 22.5. The predicted octanol–water partition coefficient (Wildman–Crippen LogP) is 3.33. The molecule has 0 spiro atoms. The van der Waals surface area contributed by atoms with Crippen LogP contribution in [0.15, 0.2) is 18.2 Å². The second-order valence-corrected chi connectivity index (χ2v) is 8.09. The van der Waals surface area contributed by atoms with Crippen molar-refractivity contribution in [2.75, 3.05) is 33.8 Å². The number of anilines is 1. The first-order chi connectivity index (χ1) is 14.9. The Morgan fingerprint density at radius 3 is 2.45 bits per heavy atom. The van der Waals surface area contributed by atoms with E-state index in [0.29, 0.717) is 41.3 Å². The highest BCUT2D eigenvalue weighted by Gasteiger charge is 2.38. The Balaban J connectivity index is 1.76. The van der Waals surface area contributed by atoms with E-state index >= 15 is 0 Å². The van der Waals surface area contributed by atoms with Crippen LogP contribution in [0.25, 0.3) is 0 Å². The van der Waals surface area contributed by atoms with Crippen molar-refractivity contribution < 1.29 is 33.3 Å². The van der Waals surface area contributed by atoms with Crippen LogP contribution in [0.4, 0.5) is 5.00 Å². The third-order valence-electron chi connectivity index (χ3n) is 5.25. The lowest BCUT2D eigenvalue weighted by Crippen LogP contribution is -2.17. The molecule has 1 aliphatic carbocycles. The van der Waals surface area contributed by atoms with Gasteiger partial charge in [-0.15, -0.1) is 11.3 Å². The molecule has 166 valence electrons. The molecule has 1 aromatic heterocycles. The molecule has 1 heterocycles. The summed E-state index contributed by atoms with van der Waals surface area (Å²) in [5.74, 6) is -0.530. The van der Waals surface area contributed by atoms with Crippen LogP contribution in [0.2, 0.25) is 0 Å². The molecule has 0 saturated heterocycles. The normalized spacial score (nSPS) is 14.5. The van der Waals surface area contributed by atoms with E-state index in [1.165, 1.54) is 25.6 Å². The highest BCUT2D eigenvalue weighted by Crippen LogP contribution is 2.46. The maximum absolute atomic E-state index is 12.6. The minimum atomic E-state index is -0.580. The predicted molar refractivity (Wildman–Crippen MR) is 115 cm³/mol. The van der Waals surface area contributed by atoms with Gasteiger partial charge in [-0.05, 0) is 42.5 Å². The van der Waals surface area contributed by atoms with Gasteiger partial charge in [0.25, 0.3) is 0 Å². The molecular weight excluding hydrogens is 422 g/mol. The SMILES string of the molecule is COC(=O)c1c(NC(=O)CCc2ccc(OC)c(OC)c2)sc2c1C(C(=O)OC)CC2. The minimum Gasteiger partial charge on any atom is -0.493 e. The molecule has 31 heavy (non-hydrogen) atoms. The first kappa shape index (κ1) is 22.6. The van der Waals surface area contributed by atoms with Gasteiger partial charge in [-0.3, -0.25) is 9.59 Å². The van der Waals surface area contributed by atoms with E-state index in [4.69, 9.17) is 18.9 Å². The van der Waals surface area contributed by atoms with Gasteiger partial charge in [0.1, 0.15) is 5.00 Å². The lowest BCUT2D eigenvalue weighted by molar-refractivity contribution is -0.142. The fourth-order valence-electron chi connectivity index (χ4n) is 3.72. The van der Waals surface area contributed by atoms with Crippen molar-refractivity contribution in [3.63, 3.8) is 0 Å². The number of nitrogens with one attached hydrogen (secondary N) is 1. The van der Waals surface area contributed by atoms with Crippen LogP contribution in [0, 0.1) is 0 Å². The summed E-state index contributed by atoms with van der Waals surface area (Å²) in [6.45, 7) is 0. The molecule has 0 aliphatic heterocycles. The maximum Gasteiger partial charge on any atom is 0.341 e. The second-order valence-electron chi connectivity index (χ2n) is 6.99. The fraction of sp³-hybridized carbons (Fsp3) is 0.409. The molecule has 1 amide bonds. The van der Waals surface area contributed by atoms with Gasteiger partial charge >= 0.3 is 11.9 Å². The van der Waals surface area contributed by atoms with E-state index in [0.717, 1.165) is 10.4 Å². The van der Waals surface area contributed by atoms with Crippen molar-refractivity contribution in [3.05, 3.63) is 39.8 Å².